The van der Waals surface area contributed by atoms with Gasteiger partial charge < -0.3 is 5.32 Å². The molecule has 5 heteroatoms. The van der Waals surface area contributed by atoms with E-state index in [2.05, 4.69) is 5.32 Å². The lowest BCUT2D eigenvalue weighted by Crippen LogP contribution is -2.28. The van der Waals surface area contributed by atoms with Crippen LogP contribution in [0.15, 0.2) is 18.2 Å². The van der Waals surface area contributed by atoms with E-state index in [1.165, 1.54) is 12.1 Å². The molecule has 0 aromatic heterocycles. The molecule has 1 aromatic rings. The quantitative estimate of drug-likeness (QED) is 0.846. The van der Waals surface area contributed by atoms with E-state index in [4.69, 9.17) is 23.2 Å². The average Bonchev–Trinajstić information content (AvgIpc) is 2.75. The van der Waals surface area contributed by atoms with E-state index in [0.717, 1.165) is 25.3 Å². The van der Waals surface area contributed by atoms with Gasteiger partial charge in [-0.2, -0.15) is 0 Å². The van der Waals surface area contributed by atoms with E-state index >= 15 is 0 Å². The minimum absolute atomic E-state index is 0.0207. The molecule has 98 valence electrons. The molecule has 0 bridgehead atoms. The summed E-state index contributed by atoms with van der Waals surface area (Å²) >= 11 is 11.6. The molecule has 1 aromatic carbocycles. The summed E-state index contributed by atoms with van der Waals surface area (Å²) in [5.74, 6) is -0.428. The monoisotopic (exact) mass is 289 g/mol. The number of carbonyl (C=O) groups is 1. The number of halogens is 3. The Morgan fingerprint density at radius 1 is 1.44 bits per heavy atom. The molecule has 0 aliphatic heterocycles. The lowest BCUT2D eigenvalue weighted by atomic mass is 10.1. The predicted molar refractivity (Wildman–Crippen MR) is 70.7 cm³/mol. The van der Waals surface area contributed by atoms with Gasteiger partial charge in [0.05, 0.1) is 5.02 Å². The third-order valence-electron chi connectivity index (χ3n) is 3.21. The second-order valence-corrected chi connectivity index (χ2v) is 5.64. The van der Waals surface area contributed by atoms with Crippen LogP contribution in [-0.2, 0) is 0 Å². The number of rotatable bonds is 3. The van der Waals surface area contributed by atoms with E-state index in [1.807, 2.05) is 0 Å². The van der Waals surface area contributed by atoms with Gasteiger partial charge in [-0.15, -0.1) is 11.6 Å². The summed E-state index contributed by atoms with van der Waals surface area (Å²) in [5.41, 5.74) is 0.289. The molecule has 0 spiro atoms. The first-order valence-electron chi connectivity index (χ1n) is 5.93. The number of hydrogen-bond donors (Lipinski definition) is 1. The molecule has 18 heavy (non-hydrogen) atoms. The fourth-order valence-electron chi connectivity index (χ4n) is 2.18. The van der Waals surface area contributed by atoms with Crippen molar-refractivity contribution in [3.05, 3.63) is 34.6 Å². The van der Waals surface area contributed by atoms with Gasteiger partial charge in [-0.05, 0) is 43.4 Å². The molecule has 1 N–H and O–H groups in total. The van der Waals surface area contributed by atoms with Crippen molar-refractivity contribution in [1.82, 2.24) is 5.32 Å². The van der Waals surface area contributed by atoms with Gasteiger partial charge in [-0.3, -0.25) is 4.79 Å². The number of amides is 1. The molecular formula is C13H14Cl2FNO. The van der Waals surface area contributed by atoms with Crippen molar-refractivity contribution < 1.29 is 9.18 Å². The molecule has 1 aliphatic carbocycles. The van der Waals surface area contributed by atoms with Crippen LogP contribution in [0.1, 0.15) is 29.6 Å². The molecule has 2 atom stereocenters. The Hall–Kier alpha value is -0.800. The Balaban J connectivity index is 1.89. The van der Waals surface area contributed by atoms with E-state index in [0.29, 0.717) is 12.5 Å². The maximum Gasteiger partial charge on any atom is 0.251 e. The molecule has 0 radical (unpaired) electrons. The van der Waals surface area contributed by atoms with E-state index < -0.39 is 5.82 Å². The molecule has 2 rings (SSSR count). The fourth-order valence-corrected chi connectivity index (χ4v) is 2.67. The van der Waals surface area contributed by atoms with Gasteiger partial charge in [0.15, 0.2) is 0 Å². The fraction of sp³-hybridized carbons (Fsp3) is 0.462. The van der Waals surface area contributed by atoms with Crippen molar-refractivity contribution >= 4 is 29.1 Å². The Morgan fingerprint density at radius 2 is 2.22 bits per heavy atom. The normalized spacial score (nSPS) is 23.1. The van der Waals surface area contributed by atoms with Crippen LogP contribution in [0.3, 0.4) is 0 Å². The molecule has 2 nitrogen and oxygen atoms in total. The van der Waals surface area contributed by atoms with E-state index in [-0.39, 0.29) is 21.9 Å². The SMILES string of the molecule is O=C(NCC1CCC(Cl)C1)c1ccc(Cl)c(F)c1. The minimum atomic E-state index is -0.578. The summed E-state index contributed by atoms with van der Waals surface area (Å²) < 4.78 is 13.2. The molecule has 1 aliphatic rings. The topological polar surface area (TPSA) is 29.1 Å². The molecule has 1 fully saturated rings. The lowest BCUT2D eigenvalue weighted by molar-refractivity contribution is 0.0947. The summed E-state index contributed by atoms with van der Waals surface area (Å²) in [6.07, 6.45) is 2.96. The van der Waals surface area contributed by atoms with Crippen LogP contribution in [0.2, 0.25) is 5.02 Å². The van der Waals surface area contributed by atoms with Crippen LogP contribution in [0.4, 0.5) is 4.39 Å². The Morgan fingerprint density at radius 3 is 2.83 bits per heavy atom. The average molecular weight is 290 g/mol. The third-order valence-corrected chi connectivity index (χ3v) is 3.91. The molecular weight excluding hydrogens is 276 g/mol. The molecule has 0 saturated heterocycles. The van der Waals surface area contributed by atoms with Crippen molar-refractivity contribution in [3.8, 4) is 0 Å². The molecule has 1 amide bonds. The minimum Gasteiger partial charge on any atom is -0.352 e. The summed E-state index contributed by atoms with van der Waals surface area (Å²) in [7, 11) is 0. The van der Waals surface area contributed by atoms with Crippen LogP contribution >= 0.6 is 23.2 Å². The number of benzene rings is 1. The van der Waals surface area contributed by atoms with Gasteiger partial charge in [-0.1, -0.05) is 11.6 Å². The van der Waals surface area contributed by atoms with Crippen molar-refractivity contribution in [2.24, 2.45) is 5.92 Å². The van der Waals surface area contributed by atoms with E-state index in [9.17, 15) is 9.18 Å². The van der Waals surface area contributed by atoms with Crippen molar-refractivity contribution in [2.75, 3.05) is 6.54 Å². The van der Waals surface area contributed by atoms with Crippen LogP contribution in [0.5, 0.6) is 0 Å². The zero-order valence-electron chi connectivity index (χ0n) is 9.76. The van der Waals surface area contributed by atoms with Gasteiger partial charge >= 0.3 is 0 Å². The standard InChI is InChI=1S/C13H14Cl2FNO/c14-10-3-1-8(5-10)7-17-13(18)9-2-4-11(15)12(16)6-9/h2,4,6,8,10H,1,3,5,7H2,(H,17,18). The van der Waals surface area contributed by atoms with Gasteiger partial charge in [0.25, 0.3) is 5.91 Å². The van der Waals surface area contributed by atoms with Crippen LogP contribution in [-0.4, -0.2) is 17.8 Å². The number of carbonyl (C=O) groups excluding carboxylic acids is 1. The summed E-state index contributed by atoms with van der Waals surface area (Å²) in [6.45, 7) is 0.590. The largest absolute Gasteiger partial charge is 0.352 e. The zero-order valence-corrected chi connectivity index (χ0v) is 11.3. The predicted octanol–water partition coefficient (Wildman–Crippen LogP) is 3.62. The second-order valence-electron chi connectivity index (χ2n) is 4.62. The first-order chi connectivity index (χ1) is 8.56. The van der Waals surface area contributed by atoms with Crippen molar-refractivity contribution in [1.29, 1.82) is 0 Å². The number of nitrogens with one attached hydrogen (secondary N) is 1. The maximum absolute atomic E-state index is 13.2. The molecule has 2 unspecified atom stereocenters. The van der Waals surface area contributed by atoms with Crippen molar-refractivity contribution in [3.63, 3.8) is 0 Å². The van der Waals surface area contributed by atoms with Crippen molar-refractivity contribution in [2.45, 2.75) is 24.6 Å². The van der Waals surface area contributed by atoms with Gasteiger partial charge in [0.1, 0.15) is 5.82 Å². The van der Waals surface area contributed by atoms with Crippen LogP contribution in [0.25, 0.3) is 0 Å². The highest BCUT2D eigenvalue weighted by Crippen LogP contribution is 2.28. The van der Waals surface area contributed by atoms with Gasteiger partial charge in [0.2, 0.25) is 0 Å². The maximum atomic E-state index is 13.2. The summed E-state index contributed by atoms with van der Waals surface area (Å²) in [6, 6.07) is 4.05. The third kappa shape index (κ3) is 3.36. The van der Waals surface area contributed by atoms with Gasteiger partial charge in [-0.25, -0.2) is 4.39 Å². The van der Waals surface area contributed by atoms with Gasteiger partial charge in [0, 0.05) is 17.5 Å². The van der Waals surface area contributed by atoms with E-state index in [1.54, 1.807) is 0 Å². The highest BCUT2D eigenvalue weighted by molar-refractivity contribution is 6.30. The summed E-state index contributed by atoms with van der Waals surface area (Å²) in [5, 5.41) is 3.04. The highest BCUT2D eigenvalue weighted by Gasteiger charge is 2.23. The zero-order chi connectivity index (χ0) is 13.1. The number of alkyl halides is 1. The highest BCUT2D eigenvalue weighted by atomic mass is 35.5. The Labute approximate surface area is 115 Å². The smallest absolute Gasteiger partial charge is 0.251 e. The second kappa shape index (κ2) is 5.89. The first-order valence-corrected chi connectivity index (χ1v) is 6.75. The first kappa shape index (κ1) is 13.6. The van der Waals surface area contributed by atoms with Crippen LogP contribution in [0, 0.1) is 11.7 Å². The Bertz CT molecular complexity index is 453. The Kier molecular flexibility index (Phi) is 4.46. The van der Waals surface area contributed by atoms with Crippen LogP contribution < -0.4 is 5.32 Å². The molecule has 1 saturated carbocycles. The number of hydrogen-bond acceptors (Lipinski definition) is 1. The molecule has 0 heterocycles. The lowest BCUT2D eigenvalue weighted by Gasteiger charge is -2.11. The summed E-state index contributed by atoms with van der Waals surface area (Å²) in [4.78, 5) is 11.8.